The largest absolute Gasteiger partial charge is 0.508 e. The van der Waals surface area contributed by atoms with Crippen molar-refractivity contribution in [3.63, 3.8) is 0 Å². The summed E-state index contributed by atoms with van der Waals surface area (Å²) in [6, 6.07) is 12.2. The highest BCUT2D eigenvalue weighted by atomic mass is 16.5. The van der Waals surface area contributed by atoms with Crippen LogP contribution in [-0.4, -0.2) is 21.4 Å². The van der Waals surface area contributed by atoms with Gasteiger partial charge in [0.2, 0.25) is 0 Å². The molecule has 2 aromatic rings. The summed E-state index contributed by atoms with van der Waals surface area (Å²) in [6.07, 6.45) is 5.08. The van der Waals surface area contributed by atoms with Crippen LogP contribution in [0.25, 0.3) is 0 Å². The first-order chi connectivity index (χ1) is 11.1. The van der Waals surface area contributed by atoms with Crippen molar-refractivity contribution in [2.75, 3.05) is 0 Å². The van der Waals surface area contributed by atoms with Gasteiger partial charge < -0.3 is 20.1 Å². The summed E-state index contributed by atoms with van der Waals surface area (Å²) in [6.45, 7) is 0. The summed E-state index contributed by atoms with van der Waals surface area (Å²) in [5, 5.41) is 28.4. The average Bonchev–Trinajstić information content (AvgIpc) is 2.57. The molecule has 0 bridgehead atoms. The van der Waals surface area contributed by atoms with Gasteiger partial charge in [-0.1, -0.05) is 18.2 Å². The Labute approximate surface area is 136 Å². The second-order valence-corrected chi connectivity index (χ2v) is 6.13. The van der Waals surface area contributed by atoms with Gasteiger partial charge in [0.15, 0.2) is 11.5 Å². The monoisotopic (exact) mass is 314 g/mol. The molecule has 1 aliphatic rings. The van der Waals surface area contributed by atoms with Gasteiger partial charge in [0.25, 0.3) is 0 Å². The van der Waals surface area contributed by atoms with Gasteiger partial charge in [0.1, 0.15) is 5.75 Å². The molecule has 1 heterocycles. The minimum atomic E-state index is -0.103. The fourth-order valence-electron chi connectivity index (χ4n) is 3.09. The fourth-order valence-corrected chi connectivity index (χ4v) is 3.09. The lowest BCUT2D eigenvalue weighted by Gasteiger charge is -2.30. The Kier molecular flexibility index (Phi) is 4.72. The number of hydrogen-bond donors (Lipinski definition) is 3. The van der Waals surface area contributed by atoms with E-state index in [1.807, 2.05) is 18.2 Å². The molecular weight excluding hydrogens is 292 g/mol. The smallest absolute Gasteiger partial charge is 0.157 e. The molecule has 2 aromatic carbocycles. The van der Waals surface area contributed by atoms with Crippen LogP contribution in [-0.2, 0) is 11.2 Å². The molecule has 1 fully saturated rings. The van der Waals surface area contributed by atoms with Crippen LogP contribution < -0.4 is 0 Å². The first-order valence-corrected chi connectivity index (χ1v) is 8.07. The second kappa shape index (κ2) is 6.92. The highest BCUT2D eigenvalue weighted by Gasteiger charge is 2.24. The summed E-state index contributed by atoms with van der Waals surface area (Å²) >= 11 is 0. The number of aryl methyl sites for hydroxylation is 1. The number of hydrogen-bond acceptors (Lipinski definition) is 4. The summed E-state index contributed by atoms with van der Waals surface area (Å²) in [4.78, 5) is 0. The third-order valence-electron chi connectivity index (χ3n) is 4.41. The van der Waals surface area contributed by atoms with E-state index < -0.39 is 0 Å². The summed E-state index contributed by atoms with van der Waals surface area (Å²) in [5.74, 6) is 0.0839. The van der Waals surface area contributed by atoms with Gasteiger partial charge in [-0.05, 0) is 67.5 Å². The van der Waals surface area contributed by atoms with Crippen LogP contribution in [0.3, 0.4) is 0 Å². The van der Waals surface area contributed by atoms with E-state index in [0.717, 1.165) is 37.7 Å². The molecule has 0 unspecified atom stereocenters. The number of rotatable bonds is 4. The van der Waals surface area contributed by atoms with Gasteiger partial charge in [0, 0.05) is 0 Å². The first-order valence-electron chi connectivity index (χ1n) is 8.07. The minimum Gasteiger partial charge on any atom is -0.508 e. The Morgan fingerprint density at radius 2 is 1.70 bits per heavy atom. The molecule has 23 heavy (non-hydrogen) atoms. The molecule has 1 aliphatic heterocycles. The molecule has 3 rings (SSSR count). The van der Waals surface area contributed by atoms with E-state index in [9.17, 15) is 15.3 Å². The third kappa shape index (κ3) is 3.96. The van der Waals surface area contributed by atoms with Crippen molar-refractivity contribution in [2.24, 2.45) is 0 Å². The standard InChI is InChI=1S/C19H22O4/c20-15-8-4-13(5-9-15)6-10-16-2-1-3-19(23-16)14-7-11-17(21)18(22)12-14/h4-5,7-9,11-12,16,19-22H,1-3,6,10H2/t16-,19+/m1/s1. The predicted octanol–water partition coefficient (Wildman–Crippen LogP) is 4.05. The van der Waals surface area contributed by atoms with Gasteiger partial charge in [-0.25, -0.2) is 0 Å². The SMILES string of the molecule is Oc1ccc(CC[C@H]2CCC[C@@H](c3ccc(O)c(O)c3)O2)cc1. The number of benzene rings is 2. The van der Waals surface area contributed by atoms with Gasteiger partial charge in [-0.3, -0.25) is 0 Å². The highest BCUT2D eigenvalue weighted by molar-refractivity contribution is 5.41. The molecule has 4 heteroatoms. The van der Waals surface area contributed by atoms with Crippen LogP contribution in [0.2, 0.25) is 0 Å². The van der Waals surface area contributed by atoms with E-state index >= 15 is 0 Å². The summed E-state index contributed by atoms with van der Waals surface area (Å²) in [5.41, 5.74) is 2.10. The summed E-state index contributed by atoms with van der Waals surface area (Å²) in [7, 11) is 0. The van der Waals surface area contributed by atoms with Gasteiger partial charge >= 0.3 is 0 Å². The van der Waals surface area contributed by atoms with Crippen molar-refractivity contribution in [1.29, 1.82) is 0 Å². The maximum Gasteiger partial charge on any atom is 0.157 e. The van der Waals surface area contributed by atoms with Crippen LogP contribution in [0.5, 0.6) is 17.2 Å². The number of phenolic OH excluding ortho intramolecular Hbond substituents is 3. The molecule has 0 spiro atoms. The Bertz CT molecular complexity index is 651. The van der Waals surface area contributed by atoms with Gasteiger partial charge in [0.05, 0.1) is 12.2 Å². The van der Waals surface area contributed by atoms with Gasteiger partial charge in [-0.2, -0.15) is 0 Å². The average molecular weight is 314 g/mol. The van der Waals surface area contributed by atoms with Crippen LogP contribution in [0.4, 0.5) is 0 Å². The number of aromatic hydroxyl groups is 3. The van der Waals surface area contributed by atoms with E-state index in [2.05, 4.69) is 0 Å². The molecule has 0 aromatic heterocycles. The van der Waals surface area contributed by atoms with Gasteiger partial charge in [-0.15, -0.1) is 0 Å². The molecule has 0 radical (unpaired) electrons. The van der Waals surface area contributed by atoms with Crippen molar-refractivity contribution in [2.45, 2.75) is 44.3 Å². The lowest BCUT2D eigenvalue weighted by Crippen LogP contribution is -2.23. The van der Waals surface area contributed by atoms with Crippen LogP contribution in [0.15, 0.2) is 42.5 Å². The van der Waals surface area contributed by atoms with Crippen LogP contribution in [0.1, 0.15) is 42.9 Å². The molecule has 3 N–H and O–H groups in total. The molecule has 122 valence electrons. The van der Waals surface area contributed by atoms with Crippen LogP contribution in [0, 0.1) is 0 Å². The van der Waals surface area contributed by atoms with E-state index in [1.165, 1.54) is 11.6 Å². The second-order valence-electron chi connectivity index (χ2n) is 6.13. The first kappa shape index (κ1) is 15.7. The molecule has 4 nitrogen and oxygen atoms in total. The Balaban J connectivity index is 1.59. The molecule has 0 aliphatic carbocycles. The van der Waals surface area contributed by atoms with E-state index in [1.54, 1.807) is 18.2 Å². The maximum absolute atomic E-state index is 9.65. The molecule has 0 amide bonds. The third-order valence-corrected chi connectivity index (χ3v) is 4.41. The van der Waals surface area contributed by atoms with E-state index in [4.69, 9.17) is 4.74 Å². The van der Waals surface area contributed by atoms with Crippen molar-refractivity contribution < 1.29 is 20.1 Å². The number of phenols is 3. The Morgan fingerprint density at radius 1 is 0.913 bits per heavy atom. The molecular formula is C19H22O4. The topological polar surface area (TPSA) is 69.9 Å². The van der Waals surface area contributed by atoms with Crippen molar-refractivity contribution in [3.05, 3.63) is 53.6 Å². The van der Waals surface area contributed by atoms with E-state index in [0.29, 0.717) is 0 Å². The lowest BCUT2D eigenvalue weighted by atomic mass is 9.95. The zero-order valence-corrected chi connectivity index (χ0v) is 13.0. The number of ether oxygens (including phenoxy) is 1. The maximum atomic E-state index is 9.65. The van der Waals surface area contributed by atoms with Crippen molar-refractivity contribution >= 4 is 0 Å². The Hall–Kier alpha value is -2.20. The molecule has 1 saturated heterocycles. The normalized spacial score (nSPS) is 21.2. The zero-order valence-electron chi connectivity index (χ0n) is 13.0. The lowest BCUT2D eigenvalue weighted by molar-refractivity contribution is -0.0547. The summed E-state index contributed by atoms with van der Waals surface area (Å²) < 4.78 is 6.17. The highest BCUT2D eigenvalue weighted by Crippen LogP contribution is 2.36. The van der Waals surface area contributed by atoms with E-state index in [-0.39, 0.29) is 29.5 Å². The molecule has 2 atom stereocenters. The van der Waals surface area contributed by atoms with Crippen molar-refractivity contribution in [3.8, 4) is 17.2 Å². The van der Waals surface area contributed by atoms with Crippen LogP contribution >= 0.6 is 0 Å². The fraction of sp³-hybridized carbons (Fsp3) is 0.368. The quantitative estimate of drug-likeness (QED) is 0.745. The minimum absolute atomic E-state index is 0.0277. The zero-order chi connectivity index (χ0) is 16.2. The molecule has 0 saturated carbocycles. The Morgan fingerprint density at radius 3 is 2.43 bits per heavy atom. The predicted molar refractivity (Wildman–Crippen MR) is 87.7 cm³/mol. The van der Waals surface area contributed by atoms with Crippen molar-refractivity contribution in [1.82, 2.24) is 0 Å².